The van der Waals surface area contributed by atoms with Crippen molar-refractivity contribution >= 4 is 34.0 Å². The van der Waals surface area contributed by atoms with Gasteiger partial charge in [-0.25, -0.2) is 0 Å². The van der Waals surface area contributed by atoms with Gasteiger partial charge in [0.2, 0.25) is 5.91 Å². The van der Waals surface area contributed by atoms with E-state index in [1.54, 1.807) is 24.3 Å². The lowest BCUT2D eigenvalue weighted by Gasteiger charge is -2.11. The molecular formula is C19H17N3O2. The van der Waals surface area contributed by atoms with Crippen molar-refractivity contribution < 1.29 is 9.59 Å². The highest BCUT2D eigenvalue weighted by Gasteiger charge is 2.10. The van der Waals surface area contributed by atoms with Crippen LogP contribution in [0.1, 0.15) is 10.4 Å². The number of carbonyl (C=O) groups is 2. The summed E-state index contributed by atoms with van der Waals surface area (Å²) >= 11 is 0. The van der Waals surface area contributed by atoms with Crippen molar-refractivity contribution in [3.05, 3.63) is 72.3 Å². The molecule has 0 atom stereocenters. The molecule has 3 aromatic carbocycles. The number of amides is 2. The molecule has 0 saturated carbocycles. The summed E-state index contributed by atoms with van der Waals surface area (Å²) in [6, 6.07) is 20.5. The van der Waals surface area contributed by atoms with Crippen molar-refractivity contribution in [1.29, 1.82) is 0 Å². The highest BCUT2D eigenvalue weighted by Crippen LogP contribution is 2.22. The number of primary amides is 1. The first-order valence-corrected chi connectivity index (χ1v) is 7.55. The SMILES string of the molecule is NC(=O)c1ccccc1NC(=O)CNc1cccc2ccccc12. The lowest BCUT2D eigenvalue weighted by Crippen LogP contribution is -2.24. The van der Waals surface area contributed by atoms with Gasteiger partial charge in [0.15, 0.2) is 0 Å². The molecule has 2 amide bonds. The molecule has 5 nitrogen and oxygen atoms in total. The van der Waals surface area contributed by atoms with Gasteiger partial charge in [-0.05, 0) is 23.6 Å². The molecule has 0 bridgehead atoms. The number of fused-ring (bicyclic) bond motifs is 1. The third-order valence-electron chi connectivity index (χ3n) is 3.70. The number of benzene rings is 3. The summed E-state index contributed by atoms with van der Waals surface area (Å²) in [6.07, 6.45) is 0. The van der Waals surface area contributed by atoms with Crippen LogP contribution in [0.15, 0.2) is 66.7 Å². The van der Waals surface area contributed by atoms with Crippen molar-refractivity contribution in [2.75, 3.05) is 17.2 Å². The second-order valence-electron chi connectivity index (χ2n) is 5.34. The highest BCUT2D eigenvalue weighted by atomic mass is 16.2. The minimum absolute atomic E-state index is 0.0844. The number of hydrogen-bond donors (Lipinski definition) is 3. The summed E-state index contributed by atoms with van der Waals surface area (Å²) in [5.74, 6) is -0.829. The van der Waals surface area contributed by atoms with Gasteiger partial charge >= 0.3 is 0 Å². The maximum absolute atomic E-state index is 12.2. The molecule has 120 valence electrons. The van der Waals surface area contributed by atoms with E-state index in [1.807, 2.05) is 42.5 Å². The number of hydrogen-bond acceptors (Lipinski definition) is 3. The van der Waals surface area contributed by atoms with Crippen LogP contribution in [0.25, 0.3) is 10.8 Å². The molecule has 3 rings (SSSR count). The van der Waals surface area contributed by atoms with Gasteiger partial charge in [-0.1, -0.05) is 48.5 Å². The molecule has 0 radical (unpaired) electrons. The van der Waals surface area contributed by atoms with E-state index in [9.17, 15) is 9.59 Å². The van der Waals surface area contributed by atoms with Gasteiger partial charge in [0.25, 0.3) is 5.91 Å². The standard InChI is InChI=1S/C19H17N3O2/c20-19(24)15-9-3-4-10-17(15)22-18(23)12-21-16-11-5-7-13-6-1-2-8-14(13)16/h1-11,21H,12H2,(H2,20,24)(H,22,23). The van der Waals surface area contributed by atoms with Gasteiger partial charge < -0.3 is 16.4 Å². The maximum Gasteiger partial charge on any atom is 0.250 e. The fourth-order valence-corrected chi connectivity index (χ4v) is 2.56. The number of nitrogens with two attached hydrogens (primary N) is 1. The Morgan fingerprint density at radius 3 is 2.33 bits per heavy atom. The van der Waals surface area contributed by atoms with Gasteiger partial charge in [-0.3, -0.25) is 9.59 Å². The molecular weight excluding hydrogens is 302 g/mol. The first-order valence-electron chi connectivity index (χ1n) is 7.55. The summed E-state index contributed by atoms with van der Waals surface area (Å²) in [7, 11) is 0. The largest absolute Gasteiger partial charge is 0.376 e. The lowest BCUT2D eigenvalue weighted by molar-refractivity contribution is -0.114. The Bertz CT molecular complexity index is 901. The number of carbonyl (C=O) groups excluding carboxylic acids is 2. The Balaban J connectivity index is 1.71. The van der Waals surface area contributed by atoms with Crippen LogP contribution >= 0.6 is 0 Å². The zero-order chi connectivity index (χ0) is 16.9. The van der Waals surface area contributed by atoms with Crippen molar-refractivity contribution in [2.45, 2.75) is 0 Å². The van der Waals surface area contributed by atoms with E-state index in [4.69, 9.17) is 5.73 Å². The van der Waals surface area contributed by atoms with Crippen molar-refractivity contribution in [2.24, 2.45) is 5.73 Å². The number of para-hydroxylation sites is 1. The van der Waals surface area contributed by atoms with Gasteiger partial charge in [0.1, 0.15) is 0 Å². The molecule has 0 aliphatic carbocycles. The molecule has 0 aliphatic heterocycles. The zero-order valence-corrected chi connectivity index (χ0v) is 13.0. The summed E-state index contributed by atoms with van der Waals surface area (Å²) in [5.41, 5.74) is 6.89. The summed E-state index contributed by atoms with van der Waals surface area (Å²) in [5, 5.41) is 7.98. The quantitative estimate of drug-likeness (QED) is 0.676. The van der Waals surface area contributed by atoms with Gasteiger partial charge in [0.05, 0.1) is 17.8 Å². The first kappa shape index (κ1) is 15.6. The van der Waals surface area contributed by atoms with Crippen LogP contribution in [0, 0.1) is 0 Å². The number of rotatable bonds is 5. The lowest BCUT2D eigenvalue weighted by atomic mass is 10.1. The van der Waals surface area contributed by atoms with E-state index in [1.165, 1.54) is 0 Å². The Kier molecular flexibility index (Phi) is 4.43. The van der Waals surface area contributed by atoms with Gasteiger partial charge in [-0.15, -0.1) is 0 Å². The van der Waals surface area contributed by atoms with E-state index < -0.39 is 5.91 Å². The van der Waals surface area contributed by atoms with Crippen molar-refractivity contribution in [3.8, 4) is 0 Å². The molecule has 0 spiro atoms. The number of nitrogens with one attached hydrogen (secondary N) is 2. The molecule has 0 heterocycles. The number of anilines is 2. The third kappa shape index (κ3) is 3.35. The predicted octanol–water partition coefficient (Wildman–Crippen LogP) is 2.99. The predicted molar refractivity (Wildman–Crippen MR) is 96.0 cm³/mol. The van der Waals surface area contributed by atoms with Crippen molar-refractivity contribution in [1.82, 2.24) is 0 Å². The summed E-state index contributed by atoms with van der Waals surface area (Å²) in [6.45, 7) is 0.0844. The Morgan fingerprint density at radius 2 is 1.50 bits per heavy atom. The fraction of sp³-hybridized carbons (Fsp3) is 0.0526. The first-order chi connectivity index (χ1) is 11.6. The molecule has 3 aromatic rings. The molecule has 0 saturated heterocycles. The van der Waals surface area contributed by atoms with E-state index in [0.29, 0.717) is 5.69 Å². The average Bonchev–Trinajstić information content (AvgIpc) is 2.60. The topological polar surface area (TPSA) is 84.2 Å². The summed E-state index contributed by atoms with van der Waals surface area (Å²) < 4.78 is 0. The van der Waals surface area contributed by atoms with Crippen LogP contribution in [0.3, 0.4) is 0 Å². The van der Waals surface area contributed by atoms with Gasteiger partial charge in [-0.2, -0.15) is 0 Å². The normalized spacial score (nSPS) is 10.3. The van der Waals surface area contributed by atoms with Crippen LogP contribution in [0.2, 0.25) is 0 Å². The second kappa shape index (κ2) is 6.83. The summed E-state index contributed by atoms with van der Waals surface area (Å²) in [4.78, 5) is 23.6. The van der Waals surface area contributed by atoms with E-state index >= 15 is 0 Å². The van der Waals surface area contributed by atoms with Crippen LogP contribution in [0.5, 0.6) is 0 Å². The Morgan fingerprint density at radius 1 is 0.833 bits per heavy atom. The Labute approximate surface area is 139 Å². The third-order valence-corrected chi connectivity index (χ3v) is 3.70. The minimum atomic E-state index is -0.576. The minimum Gasteiger partial charge on any atom is -0.376 e. The van der Waals surface area contributed by atoms with Crippen molar-refractivity contribution in [3.63, 3.8) is 0 Å². The molecule has 5 heteroatoms. The monoisotopic (exact) mass is 319 g/mol. The van der Waals surface area contributed by atoms with Gasteiger partial charge in [0, 0.05) is 11.1 Å². The van der Waals surface area contributed by atoms with E-state index in [0.717, 1.165) is 16.5 Å². The zero-order valence-electron chi connectivity index (χ0n) is 13.0. The van der Waals surface area contributed by atoms with Crippen LogP contribution in [-0.2, 0) is 4.79 Å². The Hall–Kier alpha value is -3.34. The van der Waals surface area contributed by atoms with E-state index in [2.05, 4.69) is 10.6 Å². The maximum atomic E-state index is 12.2. The second-order valence-corrected chi connectivity index (χ2v) is 5.34. The molecule has 0 aliphatic rings. The van der Waals surface area contributed by atoms with E-state index in [-0.39, 0.29) is 18.0 Å². The molecule has 0 fully saturated rings. The molecule has 0 aromatic heterocycles. The van der Waals surface area contributed by atoms with Crippen LogP contribution in [0.4, 0.5) is 11.4 Å². The fourth-order valence-electron chi connectivity index (χ4n) is 2.56. The molecule has 0 unspecified atom stereocenters. The molecule has 4 N–H and O–H groups in total. The van der Waals surface area contributed by atoms with Crippen LogP contribution < -0.4 is 16.4 Å². The smallest absolute Gasteiger partial charge is 0.250 e. The van der Waals surface area contributed by atoms with Crippen LogP contribution in [-0.4, -0.2) is 18.4 Å². The average molecular weight is 319 g/mol. The molecule has 24 heavy (non-hydrogen) atoms. The highest BCUT2D eigenvalue weighted by molar-refractivity contribution is 6.04.